The minimum Gasteiger partial charge on any atom is -0.373 e. The van der Waals surface area contributed by atoms with E-state index < -0.39 is 0 Å². The third-order valence-corrected chi connectivity index (χ3v) is 2.85. The lowest BCUT2D eigenvalue weighted by molar-refractivity contribution is 0.00661. The van der Waals surface area contributed by atoms with Crippen molar-refractivity contribution in [3.63, 3.8) is 0 Å². The van der Waals surface area contributed by atoms with Gasteiger partial charge in [0.25, 0.3) is 0 Å². The van der Waals surface area contributed by atoms with Gasteiger partial charge in [-0.25, -0.2) is 0 Å². The maximum atomic E-state index is 5.92. The maximum absolute atomic E-state index is 5.92. The molecule has 2 atom stereocenters. The van der Waals surface area contributed by atoms with Crippen LogP contribution < -0.4 is 5.73 Å². The largest absolute Gasteiger partial charge is 0.373 e. The van der Waals surface area contributed by atoms with Crippen LogP contribution in [0.5, 0.6) is 0 Å². The maximum Gasteiger partial charge on any atom is 0.0870 e. The average molecular weight is 209 g/mol. The van der Waals surface area contributed by atoms with Crippen LogP contribution >= 0.6 is 0 Å². The molecule has 2 heterocycles. The fraction of sp³-hybridized carbons (Fsp3) is 0.727. The van der Waals surface area contributed by atoms with E-state index in [0.717, 1.165) is 25.0 Å². The second-order valence-electron chi connectivity index (χ2n) is 4.49. The molecule has 0 spiro atoms. The molecule has 2 rings (SSSR count). The lowest BCUT2D eigenvalue weighted by Gasteiger charge is -2.26. The fourth-order valence-corrected chi connectivity index (χ4v) is 1.86. The number of hydrogen-bond donors (Lipinski definition) is 1. The zero-order chi connectivity index (χ0) is 10.8. The van der Waals surface area contributed by atoms with Crippen LogP contribution in [0.2, 0.25) is 0 Å². The highest BCUT2D eigenvalue weighted by Crippen LogP contribution is 2.27. The summed E-state index contributed by atoms with van der Waals surface area (Å²) in [6.45, 7) is 4.99. The molecular weight excluding hydrogens is 190 g/mol. The molecule has 0 aliphatic carbocycles. The molecule has 1 aromatic heterocycles. The average Bonchev–Trinajstić information content (AvgIpc) is 2.66. The van der Waals surface area contributed by atoms with Gasteiger partial charge in [-0.1, -0.05) is 0 Å². The SMILES string of the molecule is CC(C)n1cc(C2CC(N)CCO2)cn1. The first kappa shape index (κ1) is 10.6. The van der Waals surface area contributed by atoms with Crippen LogP contribution in [0.1, 0.15) is 44.4 Å². The van der Waals surface area contributed by atoms with Crippen LogP contribution in [-0.4, -0.2) is 22.4 Å². The first-order chi connectivity index (χ1) is 7.16. The van der Waals surface area contributed by atoms with E-state index in [9.17, 15) is 0 Å². The van der Waals surface area contributed by atoms with Gasteiger partial charge in [0.05, 0.1) is 12.3 Å². The predicted octanol–water partition coefficient (Wildman–Crippen LogP) is 1.64. The first-order valence-corrected chi connectivity index (χ1v) is 5.58. The topological polar surface area (TPSA) is 53.1 Å². The van der Waals surface area contributed by atoms with Crippen LogP contribution in [-0.2, 0) is 4.74 Å². The normalized spacial score (nSPS) is 27.2. The van der Waals surface area contributed by atoms with Gasteiger partial charge >= 0.3 is 0 Å². The molecule has 1 fully saturated rings. The third-order valence-electron chi connectivity index (χ3n) is 2.85. The van der Waals surface area contributed by atoms with Crippen LogP contribution in [0.15, 0.2) is 12.4 Å². The lowest BCUT2D eigenvalue weighted by atomic mass is 10.0. The molecule has 4 heteroatoms. The second-order valence-corrected chi connectivity index (χ2v) is 4.49. The number of hydrogen-bond acceptors (Lipinski definition) is 3. The zero-order valence-corrected chi connectivity index (χ0v) is 9.39. The number of rotatable bonds is 2. The van der Waals surface area contributed by atoms with Crippen molar-refractivity contribution in [2.45, 2.75) is 44.9 Å². The van der Waals surface area contributed by atoms with Crippen molar-refractivity contribution in [1.82, 2.24) is 9.78 Å². The summed E-state index contributed by atoms with van der Waals surface area (Å²) >= 11 is 0. The van der Waals surface area contributed by atoms with E-state index in [4.69, 9.17) is 10.5 Å². The molecule has 1 aliphatic heterocycles. The van der Waals surface area contributed by atoms with E-state index >= 15 is 0 Å². The standard InChI is InChI=1S/C11H19N3O/c1-8(2)14-7-9(6-13-14)11-5-10(12)3-4-15-11/h6-8,10-11H,3-5,12H2,1-2H3. The second kappa shape index (κ2) is 4.33. The highest BCUT2D eigenvalue weighted by Gasteiger charge is 2.22. The Bertz CT molecular complexity index is 321. The summed E-state index contributed by atoms with van der Waals surface area (Å²) in [5, 5.41) is 4.31. The summed E-state index contributed by atoms with van der Waals surface area (Å²) < 4.78 is 7.65. The fourth-order valence-electron chi connectivity index (χ4n) is 1.86. The number of aromatic nitrogens is 2. The number of nitrogens with two attached hydrogens (primary N) is 1. The summed E-state index contributed by atoms with van der Waals surface area (Å²) in [6, 6.07) is 0.669. The molecule has 15 heavy (non-hydrogen) atoms. The van der Waals surface area contributed by atoms with E-state index in [0.29, 0.717) is 6.04 Å². The summed E-state index contributed by atoms with van der Waals surface area (Å²) in [6.07, 6.45) is 5.97. The van der Waals surface area contributed by atoms with Crippen LogP contribution in [0.4, 0.5) is 0 Å². The van der Waals surface area contributed by atoms with Gasteiger partial charge in [-0.3, -0.25) is 4.68 Å². The van der Waals surface area contributed by atoms with Crippen molar-refractivity contribution in [3.05, 3.63) is 18.0 Å². The Labute approximate surface area is 90.4 Å². The number of nitrogens with zero attached hydrogens (tertiary/aromatic N) is 2. The minimum absolute atomic E-state index is 0.140. The van der Waals surface area contributed by atoms with Gasteiger partial charge in [0.15, 0.2) is 0 Å². The van der Waals surface area contributed by atoms with Crippen molar-refractivity contribution >= 4 is 0 Å². The van der Waals surface area contributed by atoms with E-state index in [1.54, 1.807) is 0 Å². The van der Waals surface area contributed by atoms with E-state index in [1.165, 1.54) is 0 Å². The smallest absolute Gasteiger partial charge is 0.0870 e. The van der Waals surface area contributed by atoms with E-state index in [1.807, 2.05) is 10.9 Å². The summed E-state index contributed by atoms with van der Waals surface area (Å²) in [7, 11) is 0. The van der Waals surface area contributed by atoms with Gasteiger partial charge in [-0.15, -0.1) is 0 Å². The van der Waals surface area contributed by atoms with E-state index in [2.05, 4.69) is 25.1 Å². The van der Waals surface area contributed by atoms with E-state index in [-0.39, 0.29) is 12.1 Å². The van der Waals surface area contributed by atoms with Gasteiger partial charge < -0.3 is 10.5 Å². The van der Waals surface area contributed by atoms with Gasteiger partial charge in [0, 0.05) is 30.5 Å². The molecule has 0 aromatic carbocycles. The van der Waals surface area contributed by atoms with Crippen LogP contribution in [0.25, 0.3) is 0 Å². The van der Waals surface area contributed by atoms with Crippen molar-refractivity contribution in [3.8, 4) is 0 Å². The third kappa shape index (κ3) is 2.38. The Morgan fingerprint density at radius 1 is 1.60 bits per heavy atom. The molecule has 1 saturated heterocycles. The van der Waals surface area contributed by atoms with Gasteiger partial charge in [-0.05, 0) is 26.7 Å². The molecule has 2 unspecified atom stereocenters. The van der Waals surface area contributed by atoms with Crippen molar-refractivity contribution in [1.29, 1.82) is 0 Å². The first-order valence-electron chi connectivity index (χ1n) is 5.58. The highest BCUT2D eigenvalue weighted by atomic mass is 16.5. The van der Waals surface area contributed by atoms with Crippen molar-refractivity contribution in [2.24, 2.45) is 5.73 Å². The molecule has 0 radical (unpaired) electrons. The summed E-state index contributed by atoms with van der Waals surface area (Å²) in [5.41, 5.74) is 7.07. The Balaban J connectivity index is 2.08. The minimum atomic E-state index is 0.140. The molecule has 2 N–H and O–H groups in total. The molecule has 4 nitrogen and oxygen atoms in total. The van der Waals surface area contributed by atoms with Gasteiger partial charge in [0.2, 0.25) is 0 Å². The quantitative estimate of drug-likeness (QED) is 0.805. The molecule has 0 saturated carbocycles. The van der Waals surface area contributed by atoms with Crippen LogP contribution in [0.3, 0.4) is 0 Å². The zero-order valence-electron chi connectivity index (χ0n) is 9.39. The molecule has 84 valence electrons. The van der Waals surface area contributed by atoms with Crippen LogP contribution in [0, 0.1) is 0 Å². The molecule has 0 bridgehead atoms. The predicted molar refractivity (Wildman–Crippen MR) is 58.5 cm³/mol. The van der Waals surface area contributed by atoms with Gasteiger partial charge in [0.1, 0.15) is 0 Å². The molecule has 1 aromatic rings. The lowest BCUT2D eigenvalue weighted by Crippen LogP contribution is -2.30. The Morgan fingerprint density at radius 3 is 3.00 bits per heavy atom. The molecule has 1 aliphatic rings. The summed E-state index contributed by atoms with van der Waals surface area (Å²) in [5.74, 6) is 0. The Morgan fingerprint density at radius 2 is 2.40 bits per heavy atom. The van der Waals surface area contributed by atoms with Crippen molar-refractivity contribution < 1.29 is 4.74 Å². The van der Waals surface area contributed by atoms with Crippen molar-refractivity contribution in [2.75, 3.05) is 6.61 Å². The highest BCUT2D eigenvalue weighted by molar-refractivity contribution is 5.10. The Kier molecular flexibility index (Phi) is 3.07. The summed E-state index contributed by atoms with van der Waals surface area (Å²) in [4.78, 5) is 0. The Hall–Kier alpha value is -0.870. The molecular formula is C11H19N3O. The monoisotopic (exact) mass is 209 g/mol. The number of ether oxygens (including phenoxy) is 1. The van der Waals surface area contributed by atoms with Gasteiger partial charge in [-0.2, -0.15) is 5.10 Å². The molecule has 0 amide bonds.